The number of fused-ring (bicyclic) bond motifs is 1. The van der Waals surface area contributed by atoms with Gasteiger partial charge in [-0.3, -0.25) is 0 Å². The van der Waals surface area contributed by atoms with Gasteiger partial charge in [0.1, 0.15) is 0 Å². The summed E-state index contributed by atoms with van der Waals surface area (Å²) < 4.78 is 0. The Morgan fingerprint density at radius 1 is 1.33 bits per heavy atom. The largest absolute Gasteiger partial charge is 0.330 e. The molecule has 1 aromatic rings. The van der Waals surface area contributed by atoms with Gasteiger partial charge in [0, 0.05) is 0 Å². The summed E-state index contributed by atoms with van der Waals surface area (Å²) in [6.07, 6.45) is 3.62. The number of benzene rings is 1. The van der Waals surface area contributed by atoms with E-state index in [1.807, 2.05) is 0 Å². The summed E-state index contributed by atoms with van der Waals surface area (Å²) >= 11 is 0. The van der Waals surface area contributed by atoms with E-state index >= 15 is 0 Å². The van der Waals surface area contributed by atoms with Crippen LogP contribution in [0, 0.1) is 5.41 Å². The smallest absolute Gasteiger partial charge is 0.00714 e. The zero-order chi connectivity index (χ0) is 10.9. The first-order chi connectivity index (χ1) is 7.12. The van der Waals surface area contributed by atoms with Crippen molar-refractivity contribution in [1.29, 1.82) is 0 Å². The van der Waals surface area contributed by atoms with Crippen molar-refractivity contribution in [2.45, 2.75) is 39.0 Å². The van der Waals surface area contributed by atoms with Crippen LogP contribution in [0.15, 0.2) is 24.3 Å². The van der Waals surface area contributed by atoms with E-state index in [9.17, 15) is 0 Å². The summed E-state index contributed by atoms with van der Waals surface area (Å²) in [5, 5.41) is 0. The second-order valence-electron chi connectivity index (χ2n) is 5.52. The van der Waals surface area contributed by atoms with E-state index in [1.165, 1.54) is 18.4 Å². The second kappa shape index (κ2) is 3.97. The van der Waals surface area contributed by atoms with Gasteiger partial charge in [-0.1, -0.05) is 38.1 Å². The molecular formula is C14H21N. The Balaban J connectivity index is 2.34. The van der Waals surface area contributed by atoms with Crippen LogP contribution >= 0.6 is 0 Å². The minimum absolute atomic E-state index is 0.439. The van der Waals surface area contributed by atoms with Gasteiger partial charge < -0.3 is 5.73 Å². The molecule has 0 bridgehead atoms. The van der Waals surface area contributed by atoms with Gasteiger partial charge in [-0.15, -0.1) is 0 Å². The molecule has 2 N–H and O–H groups in total. The molecule has 0 heterocycles. The van der Waals surface area contributed by atoms with Crippen LogP contribution in [0.25, 0.3) is 0 Å². The standard InChI is InChI=1S/C14H21N/c1-14(2)9-11-5-3-4-6-13(11)12(10-14)7-8-15/h3-6,12H,7-10,15H2,1-2H3. The lowest BCUT2D eigenvalue weighted by Gasteiger charge is -2.37. The van der Waals surface area contributed by atoms with E-state index < -0.39 is 0 Å². The second-order valence-corrected chi connectivity index (χ2v) is 5.52. The maximum atomic E-state index is 5.71. The maximum Gasteiger partial charge on any atom is -0.00714 e. The Bertz CT molecular complexity index is 341. The van der Waals surface area contributed by atoms with Gasteiger partial charge in [-0.25, -0.2) is 0 Å². The molecule has 0 amide bonds. The molecule has 0 fully saturated rings. The normalized spacial score (nSPS) is 23.5. The fourth-order valence-electron chi connectivity index (χ4n) is 2.92. The van der Waals surface area contributed by atoms with Gasteiger partial charge in [0.15, 0.2) is 0 Å². The average molecular weight is 203 g/mol. The van der Waals surface area contributed by atoms with E-state index in [2.05, 4.69) is 38.1 Å². The molecule has 0 spiro atoms. The van der Waals surface area contributed by atoms with E-state index in [4.69, 9.17) is 5.73 Å². The van der Waals surface area contributed by atoms with Crippen molar-refractivity contribution in [1.82, 2.24) is 0 Å². The highest BCUT2D eigenvalue weighted by molar-refractivity contribution is 5.34. The summed E-state index contributed by atoms with van der Waals surface area (Å²) in [4.78, 5) is 0. The van der Waals surface area contributed by atoms with Gasteiger partial charge in [-0.05, 0) is 48.3 Å². The summed E-state index contributed by atoms with van der Waals surface area (Å²) in [7, 11) is 0. The summed E-state index contributed by atoms with van der Waals surface area (Å²) in [6, 6.07) is 8.87. The number of hydrogen-bond acceptors (Lipinski definition) is 1. The predicted octanol–water partition coefficient (Wildman–Crippen LogP) is 3.09. The molecule has 2 rings (SSSR count). The Morgan fingerprint density at radius 2 is 2.07 bits per heavy atom. The monoisotopic (exact) mass is 203 g/mol. The van der Waals surface area contributed by atoms with Gasteiger partial charge in [0.25, 0.3) is 0 Å². The van der Waals surface area contributed by atoms with Crippen molar-refractivity contribution in [3.8, 4) is 0 Å². The van der Waals surface area contributed by atoms with E-state index in [-0.39, 0.29) is 0 Å². The molecule has 1 nitrogen and oxygen atoms in total. The van der Waals surface area contributed by atoms with Gasteiger partial charge in [0.2, 0.25) is 0 Å². The Labute approximate surface area is 92.7 Å². The topological polar surface area (TPSA) is 26.0 Å². The number of hydrogen-bond donors (Lipinski definition) is 1. The van der Waals surface area contributed by atoms with Gasteiger partial charge >= 0.3 is 0 Å². The van der Waals surface area contributed by atoms with Gasteiger partial charge in [0.05, 0.1) is 0 Å². The van der Waals surface area contributed by atoms with E-state index in [0.29, 0.717) is 11.3 Å². The molecule has 0 aliphatic heterocycles. The van der Waals surface area contributed by atoms with Crippen LogP contribution in [-0.4, -0.2) is 6.54 Å². The van der Waals surface area contributed by atoms with Crippen molar-refractivity contribution >= 4 is 0 Å². The van der Waals surface area contributed by atoms with Crippen molar-refractivity contribution in [2.24, 2.45) is 11.1 Å². The van der Waals surface area contributed by atoms with Crippen LogP contribution in [0.3, 0.4) is 0 Å². The van der Waals surface area contributed by atoms with Crippen LogP contribution in [0.2, 0.25) is 0 Å². The molecule has 0 saturated heterocycles. The predicted molar refractivity (Wildman–Crippen MR) is 65.0 cm³/mol. The van der Waals surface area contributed by atoms with Crippen LogP contribution in [0.1, 0.15) is 43.7 Å². The van der Waals surface area contributed by atoms with E-state index in [0.717, 1.165) is 13.0 Å². The molecule has 1 aliphatic carbocycles. The van der Waals surface area contributed by atoms with Crippen LogP contribution < -0.4 is 5.73 Å². The van der Waals surface area contributed by atoms with Crippen molar-refractivity contribution in [2.75, 3.05) is 6.54 Å². The Kier molecular flexibility index (Phi) is 2.83. The third-order valence-corrected chi connectivity index (χ3v) is 3.48. The molecule has 1 aliphatic rings. The fraction of sp³-hybridized carbons (Fsp3) is 0.571. The fourth-order valence-corrected chi connectivity index (χ4v) is 2.92. The van der Waals surface area contributed by atoms with Crippen molar-refractivity contribution in [3.05, 3.63) is 35.4 Å². The third-order valence-electron chi connectivity index (χ3n) is 3.48. The maximum absolute atomic E-state index is 5.71. The molecule has 0 radical (unpaired) electrons. The molecule has 82 valence electrons. The molecule has 1 atom stereocenters. The molecule has 15 heavy (non-hydrogen) atoms. The Hall–Kier alpha value is -0.820. The lowest BCUT2D eigenvalue weighted by molar-refractivity contribution is 0.275. The highest BCUT2D eigenvalue weighted by Gasteiger charge is 2.31. The van der Waals surface area contributed by atoms with Crippen molar-refractivity contribution < 1.29 is 0 Å². The van der Waals surface area contributed by atoms with Crippen LogP contribution in [-0.2, 0) is 6.42 Å². The highest BCUT2D eigenvalue weighted by atomic mass is 14.5. The first-order valence-electron chi connectivity index (χ1n) is 5.90. The lowest BCUT2D eigenvalue weighted by atomic mass is 9.68. The average Bonchev–Trinajstić information content (AvgIpc) is 2.16. The summed E-state index contributed by atoms with van der Waals surface area (Å²) in [6.45, 7) is 5.54. The summed E-state index contributed by atoms with van der Waals surface area (Å²) in [5.41, 5.74) is 9.22. The SMILES string of the molecule is CC1(C)Cc2ccccc2C(CCN)C1. The number of rotatable bonds is 2. The summed E-state index contributed by atoms with van der Waals surface area (Å²) in [5.74, 6) is 0.676. The van der Waals surface area contributed by atoms with Gasteiger partial charge in [-0.2, -0.15) is 0 Å². The first-order valence-corrected chi connectivity index (χ1v) is 5.90. The zero-order valence-electron chi connectivity index (χ0n) is 9.79. The number of nitrogens with two attached hydrogens (primary N) is 1. The first kappa shape index (κ1) is 10.7. The van der Waals surface area contributed by atoms with Crippen LogP contribution in [0.5, 0.6) is 0 Å². The quantitative estimate of drug-likeness (QED) is 0.785. The molecule has 1 heteroatoms. The minimum atomic E-state index is 0.439. The molecular weight excluding hydrogens is 182 g/mol. The highest BCUT2D eigenvalue weighted by Crippen LogP contribution is 2.42. The lowest BCUT2D eigenvalue weighted by Crippen LogP contribution is -2.26. The van der Waals surface area contributed by atoms with Crippen molar-refractivity contribution in [3.63, 3.8) is 0 Å². The zero-order valence-corrected chi connectivity index (χ0v) is 9.79. The minimum Gasteiger partial charge on any atom is -0.330 e. The van der Waals surface area contributed by atoms with Crippen LogP contribution in [0.4, 0.5) is 0 Å². The van der Waals surface area contributed by atoms with E-state index in [1.54, 1.807) is 5.56 Å². The third kappa shape index (κ3) is 2.23. The Morgan fingerprint density at radius 3 is 2.80 bits per heavy atom. The molecule has 1 aromatic carbocycles. The molecule has 0 aromatic heterocycles. The molecule has 0 saturated carbocycles. The molecule has 1 unspecified atom stereocenters.